The minimum absolute atomic E-state index is 0.266. The number of rotatable bonds is 5. The molecule has 0 saturated heterocycles. The van der Waals surface area contributed by atoms with Crippen LogP contribution in [0.4, 0.5) is 0 Å². The van der Waals surface area contributed by atoms with Crippen LogP contribution in [-0.4, -0.2) is 33.6 Å². The number of hydrogen-bond acceptors (Lipinski definition) is 5. The Labute approximate surface area is 133 Å². The number of carbonyl (C=O) groups excluding carboxylic acids is 2. The first-order valence-electron chi connectivity index (χ1n) is 6.60. The summed E-state index contributed by atoms with van der Waals surface area (Å²) < 4.78 is 6.19. The zero-order valence-electron chi connectivity index (χ0n) is 12.5. The Bertz CT molecular complexity index is 666. The van der Waals surface area contributed by atoms with Crippen LogP contribution in [0.3, 0.4) is 0 Å². The van der Waals surface area contributed by atoms with Gasteiger partial charge in [0, 0.05) is 10.6 Å². The van der Waals surface area contributed by atoms with Crippen molar-refractivity contribution < 1.29 is 14.3 Å². The number of esters is 1. The van der Waals surface area contributed by atoms with Crippen molar-refractivity contribution in [1.82, 2.24) is 14.8 Å². The van der Waals surface area contributed by atoms with Crippen LogP contribution in [0.2, 0.25) is 5.02 Å². The van der Waals surface area contributed by atoms with Crippen molar-refractivity contribution in [2.45, 2.75) is 19.9 Å². The molecule has 0 N–H and O–H groups in total. The van der Waals surface area contributed by atoms with E-state index in [1.807, 2.05) is 0 Å². The van der Waals surface area contributed by atoms with E-state index in [-0.39, 0.29) is 5.78 Å². The number of nitrogens with zero attached hydrogens (tertiary/aromatic N) is 3. The van der Waals surface area contributed by atoms with E-state index in [9.17, 15) is 9.59 Å². The highest BCUT2D eigenvalue weighted by atomic mass is 35.5. The SMILES string of the molecule is COC(=O)C(C)(C)C(C(=O)c1ccc(Cl)cc1)n1cncn1. The molecule has 0 aliphatic heterocycles. The lowest BCUT2D eigenvalue weighted by atomic mass is 9.80. The number of hydrogen-bond donors (Lipinski definition) is 0. The van der Waals surface area contributed by atoms with E-state index in [0.717, 1.165) is 0 Å². The zero-order chi connectivity index (χ0) is 16.3. The molecule has 0 saturated carbocycles. The van der Waals surface area contributed by atoms with E-state index in [2.05, 4.69) is 10.1 Å². The second-order valence-electron chi connectivity index (χ2n) is 5.36. The molecule has 6 nitrogen and oxygen atoms in total. The van der Waals surface area contributed by atoms with Crippen molar-refractivity contribution in [3.8, 4) is 0 Å². The van der Waals surface area contributed by atoms with E-state index in [0.29, 0.717) is 10.6 Å². The zero-order valence-corrected chi connectivity index (χ0v) is 13.2. The lowest BCUT2D eigenvalue weighted by Gasteiger charge is -2.30. The van der Waals surface area contributed by atoms with Crippen LogP contribution >= 0.6 is 11.6 Å². The number of ketones is 1. The molecule has 0 radical (unpaired) electrons. The van der Waals surface area contributed by atoms with Gasteiger partial charge in [-0.3, -0.25) is 9.59 Å². The fourth-order valence-electron chi connectivity index (χ4n) is 2.28. The molecule has 2 rings (SSSR count). The Kier molecular flexibility index (Phi) is 4.61. The van der Waals surface area contributed by atoms with Crippen LogP contribution in [0.1, 0.15) is 30.2 Å². The summed E-state index contributed by atoms with van der Waals surface area (Å²) in [5, 5.41) is 4.54. The standard InChI is InChI=1S/C15H16ClN3O3/c1-15(2,14(21)22-3)13(19-9-17-8-18-19)12(20)10-4-6-11(16)7-5-10/h4-9,13H,1-3H3. The summed E-state index contributed by atoms with van der Waals surface area (Å²) in [6.45, 7) is 3.28. The average molecular weight is 322 g/mol. The van der Waals surface area contributed by atoms with Gasteiger partial charge in [0.1, 0.15) is 18.7 Å². The van der Waals surface area contributed by atoms with Gasteiger partial charge in [-0.2, -0.15) is 5.10 Å². The molecule has 1 aromatic carbocycles. The third-order valence-electron chi connectivity index (χ3n) is 3.47. The number of aromatic nitrogens is 3. The Morgan fingerprint density at radius 3 is 2.41 bits per heavy atom. The molecule has 1 unspecified atom stereocenters. The molecule has 1 heterocycles. The summed E-state index contributed by atoms with van der Waals surface area (Å²) >= 11 is 5.85. The second-order valence-corrected chi connectivity index (χ2v) is 5.80. The summed E-state index contributed by atoms with van der Waals surface area (Å²) in [5.74, 6) is -0.770. The summed E-state index contributed by atoms with van der Waals surface area (Å²) in [4.78, 5) is 28.8. The molecule has 0 bridgehead atoms. The number of Topliss-reactive ketones (excluding diaryl/α,β-unsaturated/α-hetero) is 1. The van der Waals surface area contributed by atoms with E-state index < -0.39 is 17.4 Å². The molecule has 1 atom stereocenters. The molecule has 2 aromatic rings. The average Bonchev–Trinajstić information content (AvgIpc) is 3.00. The third kappa shape index (κ3) is 3.01. The lowest BCUT2D eigenvalue weighted by molar-refractivity contribution is -0.152. The summed E-state index contributed by atoms with van der Waals surface area (Å²) in [7, 11) is 1.29. The molecule has 0 spiro atoms. The van der Waals surface area contributed by atoms with Gasteiger partial charge in [-0.25, -0.2) is 9.67 Å². The Morgan fingerprint density at radius 1 is 1.27 bits per heavy atom. The number of methoxy groups -OCH3 is 1. The normalized spacial score (nSPS) is 12.7. The largest absolute Gasteiger partial charge is 0.469 e. The second kappa shape index (κ2) is 6.27. The van der Waals surface area contributed by atoms with Crippen LogP contribution in [0.25, 0.3) is 0 Å². The predicted molar refractivity (Wildman–Crippen MR) is 80.6 cm³/mol. The molecule has 7 heteroatoms. The van der Waals surface area contributed by atoms with Crippen LogP contribution in [0, 0.1) is 5.41 Å². The lowest BCUT2D eigenvalue weighted by Crippen LogP contribution is -2.40. The van der Waals surface area contributed by atoms with Crippen molar-refractivity contribution >= 4 is 23.4 Å². The Balaban J connectivity index is 2.47. The van der Waals surface area contributed by atoms with Gasteiger partial charge in [-0.15, -0.1) is 0 Å². The summed E-state index contributed by atoms with van der Waals surface area (Å²) in [5.41, 5.74) is -0.680. The molecular formula is C15H16ClN3O3. The van der Waals surface area contributed by atoms with Crippen molar-refractivity contribution in [1.29, 1.82) is 0 Å². The van der Waals surface area contributed by atoms with Crippen LogP contribution in [0.5, 0.6) is 0 Å². The number of benzene rings is 1. The van der Waals surface area contributed by atoms with E-state index in [4.69, 9.17) is 16.3 Å². The Hall–Kier alpha value is -2.21. The predicted octanol–water partition coefficient (Wildman–Crippen LogP) is 2.55. The molecule has 0 aliphatic carbocycles. The minimum Gasteiger partial charge on any atom is -0.469 e. The number of ether oxygens (including phenoxy) is 1. The number of carbonyl (C=O) groups is 2. The maximum Gasteiger partial charge on any atom is 0.313 e. The van der Waals surface area contributed by atoms with Gasteiger partial charge in [-0.1, -0.05) is 11.6 Å². The van der Waals surface area contributed by atoms with Gasteiger partial charge >= 0.3 is 5.97 Å². The van der Waals surface area contributed by atoms with Crippen molar-refractivity contribution in [2.75, 3.05) is 7.11 Å². The highest BCUT2D eigenvalue weighted by Gasteiger charge is 2.44. The Morgan fingerprint density at radius 2 is 1.91 bits per heavy atom. The van der Waals surface area contributed by atoms with E-state index in [1.54, 1.807) is 38.1 Å². The van der Waals surface area contributed by atoms with Crippen molar-refractivity contribution in [2.24, 2.45) is 5.41 Å². The first-order chi connectivity index (χ1) is 10.4. The molecule has 0 aliphatic rings. The molecular weight excluding hydrogens is 306 g/mol. The van der Waals surface area contributed by atoms with Gasteiger partial charge < -0.3 is 4.74 Å². The first kappa shape index (κ1) is 16.2. The summed E-state index contributed by atoms with van der Waals surface area (Å²) in [6, 6.07) is 5.60. The molecule has 22 heavy (non-hydrogen) atoms. The van der Waals surface area contributed by atoms with Crippen LogP contribution < -0.4 is 0 Å². The topological polar surface area (TPSA) is 74.1 Å². The molecule has 116 valence electrons. The van der Waals surface area contributed by atoms with Crippen molar-refractivity contribution in [3.05, 3.63) is 47.5 Å². The smallest absolute Gasteiger partial charge is 0.313 e. The fourth-order valence-corrected chi connectivity index (χ4v) is 2.40. The minimum atomic E-state index is -1.11. The van der Waals surface area contributed by atoms with Crippen molar-refractivity contribution in [3.63, 3.8) is 0 Å². The van der Waals surface area contributed by atoms with E-state index in [1.165, 1.54) is 24.4 Å². The fraction of sp³-hybridized carbons (Fsp3) is 0.333. The summed E-state index contributed by atoms with van der Waals surface area (Å²) in [6.07, 6.45) is 2.72. The monoisotopic (exact) mass is 321 g/mol. The maximum atomic E-state index is 12.9. The van der Waals surface area contributed by atoms with Gasteiger partial charge in [0.05, 0.1) is 12.5 Å². The van der Waals surface area contributed by atoms with Gasteiger partial charge in [-0.05, 0) is 38.1 Å². The van der Waals surface area contributed by atoms with Gasteiger partial charge in [0.25, 0.3) is 0 Å². The van der Waals surface area contributed by atoms with Gasteiger partial charge in [0.2, 0.25) is 0 Å². The quantitative estimate of drug-likeness (QED) is 0.625. The highest BCUT2D eigenvalue weighted by molar-refractivity contribution is 6.30. The highest BCUT2D eigenvalue weighted by Crippen LogP contribution is 2.34. The van der Waals surface area contributed by atoms with Crippen LogP contribution in [0.15, 0.2) is 36.9 Å². The molecule has 1 aromatic heterocycles. The van der Waals surface area contributed by atoms with Crippen LogP contribution in [-0.2, 0) is 9.53 Å². The first-order valence-corrected chi connectivity index (χ1v) is 6.98. The number of halogens is 1. The van der Waals surface area contributed by atoms with Gasteiger partial charge in [0.15, 0.2) is 5.78 Å². The molecule has 0 amide bonds. The molecule has 0 fully saturated rings. The van der Waals surface area contributed by atoms with E-state index >= 15 is 0 Å². The maximum absolute atomic E-state index is 12.9. The third-order valence-corrected chi connectivity index (χ3v) is 3.73.